The molecule has 0 heterocycles. The molecule has 1 nitrogen and oxygen atoms in total. The van der Waals surface area contributed by atoms with E-state index < -0.39 is 0 Å². The molecule has 1 aliphatic rings. The maximum absolute atomic E-state index is 3.11. The van der Waals surface area contributed by atoms with Gasteiger partial charge < -0.3 is 5.32 Å². The molecule has 16 heavy (non-hydrogen) atoms. The van der Waals surface area contributed by atoms with Gasteiger partial charge in [-0.05, 0) is 38.1 Å². The van der Waals surface area contributed by atoms with Gasteiger partial charge in [-0.25, -0.2) is 0 Å². The molecule has 0 spiro atoms. The molecule has 0 saturated heterocycles. The fourth-order valence-corrected chi connectivity index (χ4v) is 2.66. The fourth-order valence-electron chi connectivity index (χ4n) is 2.66. The van der Waals surface area contributed by atoms with E-state index in [0.717, 1.165) is 18.4 Å². The van der Waals surface area contributed by atoms with Gasteiger partial charge in [0.05, 0.1) is 0 Å². The topological polar surface area (TPSA) is 12.0 Å². The Bertz CT molecular complexity index is 211. The third-order valence-corrected chi connectivity index (χ3v) is 3.65. The normalized spacial score (nSPS) is 20.9. The molecule has 1 saturated carbocycles. The van der Waals surface area contributed by atoms with Crippen LogP contribution in [0.3, 0.4) is 0 Å². The monoisotopic (exact) mass is 221 g/mol. The van der Waals surface area contributed by atoms with E-state index in [0.29, 0.717) is 0 Å². The quantitative estimate of drug-likeness (QED) is 0.670. The predicted molar refractivity (Wildman–Crippen MR) is 72.6 cm³/mol. The van der Waals surface area contributed by atoms with E-state index in [-0.39, 0.29) is 0 Å². The van der Waals surface area contributed by atoms with Crippen molar-refractivity contribution >= 4 is 0 Å². The van der Waals surface area contributed by atoms with Crippen LogP contribution >= 0.6 is 0 Å². The second-order valence-corrected chi connectivity index (χ2v) is 4.84. The van der Waals surface area contributed by atoms with Crippen LogP contribution in [0.15, 0.2) is 24.3 Å². The lowest BCUT2D eigenvalue weighted by Gasteiger charge is -2.27. The van der Waals surface area contributed by atoms with Crippen LogP contribution in [0.5, 0.6) is 0 Å². The lowest BCUT2D eigenvalue weighted by Crippen LogP contribution is -2.15. The Hall–Kier alpha value is -0.560. The maximum atomic E-state index is 3.11. The molecule has 0 radical (unpaired) electrons. The molecule has 0 aromatic heterocycles. The van der Waals surface area contributed by atoms with Crippen molar-refractivity contribution in [2.24, 2.45) is 11.8 Å². The highest BCUT2D eigenvalue weighted by atomic mass is 14.8. The third kappa shape index (κ3) is 4.98. The summed E-state index contributed by atoms with van der Waals surface area (Å²) in [5.74, 6) is 1.76. The van der Waals surface area contributed by atoms with Gasteiger partial charge in [-0.3, -0.25) is 0 Å². The van der Waals surface area contributed by atoms with Gasteiger partial charge in [-0.1, -0.05) is 50.5 Å². The van der Waals surface area contributed by atoms with E-state index in [1.54, 1.807) is 0 Å². The van der Waals surface area contributed by atoms with Crippen molar-refractivity contribution in [3.63, 3.8) is 0 Å². The first-order valence-corrected chi connectivity index (χ1v) is 6.86. The second-order valence-electron chi connectivity index (χ2n) is 4.84. The molecule has 1 fully saturated rings. The van der Waals surface area contributed by atoms with Crippen molar-refractivity contribution in [3.8, 4) is 0 Å². The van der Waals surface area contributed by atoms with Crippen LogP contribution in [0.1, 0.15) is 45.4 Å². The summed E-state index contributed by atoms with van der Waals surface area (Å²) in [5.41, 5.74) is 0. The van der Waals surface area contributed by atoms with E-state index in [4.69, 9.17) is 0 Å². The molecule has 92 valence electrons. The summed E-state index contributed by atoms with van der Waals surface area (Å²) in [4.78, 5) is 0. The average Bonchev–Trinajstić information content (AvgIpc) is 2.35. The largest absolute Gasteiger partial charge is 0.316 e. The van der Waals surface area contributed by atoms with E-state index in [9.17, 15) is 0 Å². The van der Waals surface area contributed by atoms with Crippen LogP contribution in [0, 0.1) is 11.8 Å². The first-order valence-electron chi connectivity index (χ1n) is 6.86. The van der Waals surface area contributed by atoms with Crippen molar-refractivity contribution in [1.29, 1.82) is 0 Å². The fraction of sp³-hybridized carbons (Fsp3) is 0.733. The average molecular weight is 221 g/mol. The molecule has 0 aromatic carbocycles. The van der Waals surface area contributed by atoms with Crippen LogP contribution in [-0.2, 0) is 0 Å². The van der Waals surface area contributed by atoms with Gasteiger partial charge in [0, 0.05) is 6.54 Å². The van der Waals surface area contributed by atoms with Crippen molar-refractivity contribution in [2.45, 2.75) is 45.4 Å². The molecule has 0 bridgehead atoms. The lowest BCUT2D eigenvalue weighted by molar-refractivity contribution is 0.281. The van der Waals surface area contributed by atoms with Crippen molar-refractivity contribution in [3.05, 3.63) is 24.3 Å². The number of nitrogens with one attached hydrogen (secondary N) is 1. The van der Waals surface area contributed by atoms with Crippen LogP contribution in [0.25, 0.3) is 0 Å². The Morgan fingerprint density at radius 1 is 1.19 bits per heavy atom. The molecule has 0 amide bonds. The van der Waals surface area contributed by atoms with Crippen molar-refractivity contribution < 1.29 is 0 Å². The zero-order chi connectivity index (χ0) is 11.6. The van der Waals surface area contributed by atoms with E-state index in [1.165, 1.54) is 38.5 Å². The van der Waals surface area contributed by atoms with Gasteiger partial charge >= 0.3 is 0 Å². The molecule has 1 heteroatoms. The maximum Gasteiger partial charge on any atom is 0.0134 e. The summed E-state index contributed by atoms with van der Waals surface area (Å²) in [7, 11) is 1.98. The zero-order valence-corrected chi connectivity index (χ0v) is 10.9. The van der Waals surface area contributed by atoms with Crippen molar-refractivity contribution in [1.82, 2.24) is 5.32 Å². The first-order chi connectivity index (χ1) is 7.88. The number of hydrogen-bond donors (Lipinski definition) is 1. The number of allylic oxidation sites excluding steroid dienone is 3. The van der Waals surface area contributed by atoms with E-state index in [1.807, 2.05) is 7.05 Å². The summed E-state index contributed by atoms with van der Waals surface area (Å²) in [6, 6.07) is 0. The minimum atomic E-state index is 0.805. The SMILES string of the molecule is CCC(/C=C\C=C\CNC)C1CCCCC1. The smallest absolute Gasteiger partial charge is 0.0134 e. The Morgan fingerprint density at radius 3 is 2.56 bits per heavy atom. The molecule has 1 rings (SSSR count). The Kier molecular flexibility index (Phi) is 7.24. The number of likely N-dealkylation sites (N-methyl/N-ethyl adjacent to an activating group) is 1. The van der Waals surface area contributed by atoms with Gasteiger partial charge in [-0.15, -0.1) is 0 Å². The minimum absolute atomic E-state index is 0.805. The van der Waals surface area contributed by atoms with Gasteiger partial charge in [-0.2, -0.15) is 0 Å². The molecule has 1 atom stereocenters. The van der Waals surface area contributed by atoms with Crippen LogP contribution in [-0.4, -0.2) is 13.6 Å². The summed E-state index contributed by atoms with van der Waals surface area (Å²) < 4.78 is 0. The van der Waals surface area contributed by atoms with Gasteiger partial charge in [0.1, 0.15) is 0 Å². The standard InChI is InChI=1S/C15H27N/c1-3-14(10-8-5-9-13-16-2)15-11-6-4-7-12-15/h5,8-10,14-16H,3-4,6-7,11-13H2,1-2H3/b9-5+,10-8-. The molecular weight excluding hydrogens is 194 g/mol. The highest BCUT2D eigenvalue weighted by Crippen LogP contribution is 2.32. The molecule has 1 aliphatic carbocycles. The van der Waals surface area contributed by atoms with Gasteiger partial charge in [0.2, 0.25) is 0 Å². The summed E-state index contributed by atoms with van der Waals surface area (Å²) >= 11 is 0. The highest BCUT2D eigenvalue weighted by molar-refractivity contribution is 5.05. The Morgan fingerprint density at radius 2 is 1.94 bits per heavy atom. The molecule has 1 unspecified atom stereocenters. The Labute approximate surface area is 101 Å². The molecule has 0 aliphatic heterocycles. The predicted octanol–water partition coefficient (Wildman–Crippen LogP) is 3.92. The first kappa shape index (κ1) is 13.5. The third-order valence-electron chi connectivity index (χ3n) is 3.65. The van der Waals surface area contributed by atoms with Gasteiger partial charge in [0.25, 0.3) is 0 Å². The highest BCUT2D eigenvalue weighted by Gasteiger charge is 2.19. The van der Waals surface area contributed by atoms with Gasteiger partial charge in [0.15, 0.2) is 0 Å². The number of rotatable bonds is 6. The zero-order valence-electron chi connectivity index (χ0n) is 10.9. The van der Waals surface area contributed by atoms with Crippen LogP contribution in [0.2, 0.25) is 0 Å². The minimum Gasteiger partial charge on any atom is -0.316 e. The van der Waals surface area contributed by atoms with Crippen LogP contribution in [0.4, 0.5) is 0 Å². The van der Waals surface area contributed by atoms with E-state index in [2.05, 4.69) is 36.5 Å². The number of hydrogen-bond acceptors (Lipinski definition) is 1. The summed E-state index contributed by atoms with van der Waals surface area (Å²) in [5, 5.41) is 3.11. The molecular formula is C15H27N. The Balaban J connectivity index is 2.34. The van der Waals surface area contributed by atoms with Crippen LogP contribution < -0.4 is 5.32 Å². The summed E-state index contributed by atoms with van der Waals surface area (Å²) in [6.07, 6.45) is 17.5. The lowest BCUT2D eigenvalue weighted by atomic mass is 9.79. The summed E-state index contributed by atoms with van der Waals surface area (Å²) in [6.45, 7) is 3.28. The molecule has 1 N–H and O–H groups in total. The second kappa shape index (κ2) is 8.58. The van der Waals surface area contributed by atoms with E-state index >= 15 is 0 Å². The molecule has 0 aromatic rings. The van der Waals surface area contributed by atoms with Crippen molar-refractivity contribution in [2.75, 3.05) is 13.6 Å².